The summed E-state index contributed by atoms with van der Waals surface area (Å²) < 4.78 is 41.8. The first-order chi connectivity index (χ1) is 9.84. The average Bonchev–Trinajstić information content (AvgIpc) is 2.88. The number of ether oxygens (including phenoxy) is 1. The van der Waals surface area contributed by atoms with Crippen LogP contribution in [-0.2, 0) is 20.5 Å². The van der Waals surface area contributed by atoms with Crippen LogP contribution in [0.5, 0.6) is 0 Å². The van der Waals surface area contributed by atoms with Crippen molar-refractivity contribution < 1.29 is 32.3 Å². The number of hydrazine groups is 1. The molecule has 0 radical (unpaired) electrons. The lowest BCUT2D eigenvalue weighted by Crippen LogP contribution is -2.38. The summed E-state index contributed by atoms with van der Waals surface area (Å²) in [7, 11) is 0. The van der Waals surface area contributed by atoms with Gasteiger partial charge in [0.05, 0.1) is 29.4 Å². The zero-order valence-corrected chi connectivity index (χ0v) is 11.5. The van der Waals surface area contributed by atoms with E-state index in [9.17, 15) is 22.8 Å². The van der Waals surface area contributed by atoms with E-state index in [0.717, 1.165) is 17.7 Å². The SMILES string of the molecule is CCOC=CC(=O)ONNC(=O)c1cc(C(F)(F)F)cs1. The van der Waals surface area contributed by atoms with E-state index >= 15 is 0 Å². The monoisotopic (exact) mass is 324 g/mol. The molecule has 1 rings (SSSR count). The third-order valence-electron chi connectivity index (χ3n) is 1.93. The molecule has 0 unspecified atom stereocenters. The number of rotatable bonds is 6. The molecule has 0 aliphatic carbocycles. The number of nitrogens with one attached hydrogen (secondary N) is 2. The van der Waals surface area contributed by atoms with Crippen LogP contribution >= 0.6 is 11.3 Å². The first-order valence-corrected chi connectivity index (χ1v) is 6.42. The summed E-state index contributed by atoms with van der Waals surface area (Å²) in [5.74, 6) is -1.72. The van der Waals surface area contributed by atoms with Gasteiger partial charge in [-0.05, 0) is 13.0 Å². The van der Waals surface area contributed by atoms with Crippen LogP contribution in [0.2, 0.25) is 0 Å². The molecule has 2 N–H and O–H groups in total. The third kappa shape index (κ3) is 5.83. The molecule has 0 saturated heterocycles. The van der Waals surface area contributed by atoms with Crippen molar-refractivity contribution in [3.63, 3.8) is 0 Å². The summed E-state index contributed by atoms with van der Waals surface area (Å²) in [6, 6.07) is 0.693. The minimum Gasteiger partial charge on any atom is -0.501 e. The maximum atomic E-state index is 12.3. The van der Waals surface area contributed by atoms with Crippen molar-refractivity contribution in [1.29, 1.82) is 0 Å². The van der Waals surface area contributed by atoms with Crippen LogP contribution in [0.4, 0.5) is 13.2 Å². The lowest BCUT2D eigenvalue weighted by atomic mass is 10.3. The normalized spacial score (nSPS) is 11.4. The van der Waals surface area contributed by atoms with Crippen LogP contribution in [0.15, 0.2) is 23.8 Å². The number of thiophene rings is 1. The summed E-state index contributed by atoms with van der Waals surface area (Å²) in [6.45, 7) is 2.08. The fraction of sp³-hybridized carbons (Fsp3) is 0.273. The highest BCUT2D eigenvalue weighted by molar-refractivity contribution is 7.12. The van der Waals surface area contributed by atoms with Gasteiger partial charge in [0.1, 0.15) is 0 Å². The molecule has 1 heterocycles. The van der Waals surface area contributed by atoms with E-state index in [0.29, 0.717) is 24.0 Å². The first kappa shape index (κ1) is 17.0. The Balaban J connectivity index is 2.41. The van der Waals surface area contributed by atoms with Gasteiger partial charge in [-0.2, -0.15) is 13.2 Å². The molecule has 0 bridgehead atoms. The van der Waals surface area contributed by atoms with Crippen molar-refractivity contribution in [3.05, 3.63) is 34.2 Å². The Morgan fingerprint density at radius 2 is 2.14 bits per heavy atom. The summed E-state index contributed by atoms with van der Waals surface area (Å²) in [5.41, 5.74) is 2.83. The Hall–Kier alpha value is -2.07. The largest absolute Gasteiger partial charge is 0.501 e. The van der Waals surface area contributed by atoms with Gasteiger partial charge in [-0.3, -0.25) is 10.2 Å². The lowest BCUT2D eigenvalue weighted by molar-refractivity contribution is -0.146. The zero-order valence-electron chi connectivity index (χ0n) is 10.7. The minimum atomic E-state index is -4.51. The molecular formula is C11H11F3N2O4S. The number of amides is 1. The molecule has 6 nitrogen and oxygen atoms in total. The minimum absolute atomic E-state index is 0.185. The zero-order chi connectivity index (χ0) is 15.9. The van der Waals surface area contributed by atoms with Crippen molar-refractivity contribution in [2.24, 2.45) is 0 Å². The van der Waals surface area contributed by atoms with Gasteiger partial charge in [-0.25, -0.2) is 4.79 Å². The first-order valence-electron chi connectivity index (χ1n) is 5.54. The summed E-state index contributed by atoms with van der Waals surface area (Å²) in [4.78, 5) is 26.6. The van der Waals surface area contributed by atoms with Gasteiger partial charge in [-0.1, -0.05) is 5.59 Å². The summed E-state index contributed by atoms with van der Waals surface area (Å²) in [5, 5.41) is 0.811. The van der Waals surface area contributed by atoms with Crippen LogP contribution in [0.1, 0.15) is 22.2 Å². The molecule has 10 heteroatoms. The maximum Gasteiger partial charge on any atom is 0.417 e. The molecule has 21 heavy (non-hydrogen) atoms. The second kappa shape index (κ2) is 7.64. The molecular weight excluding hydrogens is 313 g/mol. The van der Waals surface area contributed by atoms with E-state index in [4.69, 9.17) is 4.74 Å². The Bertz CT molecular complexity index is 528. The summed E-state index contributed by atoms with van der Waals surface area (Å²) in [6.07, 6.45) is -2.46. The molecule has 0 fully saturated rings. The molecule has 1 amide bonds. The predicted molar refractivity (Wildman–Crippen MR) is 66.8 cm³/mol. The van der Waals surface area contributed by atoms with Crippen molar-refractivity contribution >= 4 is 23.2 Å². The van der Waals surface area contributed by atoms with Crippen molar-refractivity contribution in [2.45, 2.75) is 13.1 Å². The van der Waals surface area contributed by atoms with Gasteiger partial charge in [0.2, 0.25) is 0 Å². The Kier molecular flexibility index (Phi) is 6.18. The lowest BCUT2D eigenvalue weighted by Gasteiger charge is -2.04. The smallest absolute Gasteiger partial charge is 0.417 e. The third-order valence-corrected chi connectivity index (χ3v) is 2.86. The summed E-state index contributed by atoms with van der Waals surface area (Å²) >= 11 is 0.614. The highest BCUT2D eigenvalue weighted by atomic mass is 32.1. The molecule has 0 aromatic carbocycles. The van der Waals surface area contributed by atoms with Crippen LogP contribution in [0, 0.1) is 0 Å². The second-order valence-corrected chi connectivity index (χ2v) is 4.34. The Labute approximate surface area is 121 Å². The predicted octanol–water partition coefficient (Wildman–Crippen LogP) is 2.01. The van der Waals surface area contributed by atoms with Crippen molar-refractivity contribution in [1.82, 2.24) is 11.0 Å². The van der Waals surface area contributed by atoms with E-state index in [1.807, 2.05) is 11.0 Å². The van der Waals surface area contributed by atoms with Gasteiger partial charge in [0.25, 0.3) is 5.91 Å². The fourth-order valence-electron chi connectivity index (χ4n) is 1.02. The number of alkyl halides is 3. The number of carbonyl (C=O) groups excluding carboxylic acids is 2. The standard InChI is InChI=1S/C11H11F3N2O4S/c1-2-19-4-3-9(17)20-16-15-10(18)8-5-7(6-21-8)11(12,13)14/h3-6,16H,2H2,1H3,(H,15,18). The molecule has 0 aliphatic heterocycles. The maximum absolute atomic E-state index is 12.3. The van der Waals surface area contributed by atoms with Crippen molar-refractivity contribution in [2.75, 3.05) is 6.61 Å². The van der Waals surface area contributed by atoms with E-state index in [2.05, 4.69) is 4.84 Å². The fourth-order valence-corrected chi connectivity index (χ4v) is 1.83. The number of halogens is 3. The molecule has 0 aliphatic rings. The molecule has 0 spiro atoms. The van der Waals surface area contributed by atoms with Crippen LogP contribution in [0.3, 0.4) is 0 Å². The van der Waals surface area contributed by atoms with E-state index in [-0.39, 0.29) is 4.88 Å². The quantitative estimate of drug-likeness (QED) is 0.475. The molecule has 0 atom stereocenters. The Morgan fingerprint density at radius 1 is 1.43 bits per heavy atom. The van der Waals surface area contributed by atoms with Crippen LogP contribution < -0.4 is 11.0 Å². The number of hydrogen-bond acceptors (Lipinski definition) is 6. The van der Waals surface area contributed by atoms with E-state index in [1.54, 1.807) is 6.92 Å². The second-order valence-electron chi connectivity index (χ2n) is 3.43. The van der Waals surface area contributed by atoms with Crippen LogP contribution in [-0.4, -0.2) is 18.5 Å². The van der Waals surface area contributed by atoms with Gasteiger partial charge >= 0.3 is 12.1 Å². The number of carbonyl (C=O) groups is 2. The average molecular weight is 324 g/mol. The Morgan fingerprint density at radius 3 is 2.71 bits per heavy atom. The highest BCUT2D eigenvalue weighted by Crippen LogP contribution is 2.32. The van der Waals surface area contributed by atoms with Gasteiger partial charge in [0, 0.05) is 5.38 Å². The molecule has 1 aromatic heterocycles. The molecule has 1 aromatic rings. The van der Waals surface area contributed by atoms with Crippen LogP contribution in [0.25, 0.3) is 0 Å². The van der Waals surface area contributed by atoms with Crippen molar-refractivity contribution in [3.8, 4) is 0 Å². The number of hydrogen-bond donors (Lipinski definition) is 2. The highest BCUT2D eigenvalue weighted by Gasteiger charge is 2.32. The van der Waals surface area contributed by atoms with E-state index in [1.165, 1.54) is 0 Å². The van der Waals surface area contributed by atoms with E-state index < -0.39 is 23.6 Å². The van der Waals surface area contributed by atoms with Gasteiger partial charge in [-0.15, -0.1) is 11.3 Å². The molecule has 0 saturated carbocycles. The topological polar surface area (TPSA) is 76.7 Å². The van der Waals surface area contributed by atoms with Gasteiger partial charge in [0.15, 0.2) is 0 Å². The van der Waals surface area contributed by atoms with Gasteiger partial charge < -0.3 is 9.57 Å². The molecule has 116 valence electrons.